The van der Waals surface area contributed by atoms with E-state index in [9.17, 15) is 4.79 Å². The Morgan fingerprint density at radius 1 is 1.09 bits per heavy atom. The van der Waals surface area contributed by atoms with Crippen LogP contribution in [0.1, 0.15) is 30.7 Å². The van der Waals surface area contributed by atoms with Crippen LogP contribution in [0.25, 0.3) is 0 Å². The zero-order valence-electron chi connectivity index (χ0n) is 13.1. The van der Waals surface area contributed by atoms with Gasteiger partial charge in [-0.15, -0.1) is 0 Å². The molecule has 0 N–H and O–H groups in total. The van der Waals surface area contributed by atoms with Gasteiger partial charge in [-0.1, -0.05) is 0 Å². The first-order valence-corrected chi connectivity index (χ1v) is 8.13. The van der Waals surface area contributed by atoms with Gasteiger partial charge in [0.05, 0.1) is 37.0 Å². The van der Waals surface area contributed by atoms with Crippen molar-refractivity contribution in [1.82, 2.24) is 24.4 Å². The molecule has 1 saturated heterocycles. The molecule has 7 nitrogen and oxygen atoms in total. The van der Waals surface area contributed by atoms with E-state index in [2.05, 4.69) is 24.4 Å². The van der Waals surface area contributed by atoms with Gasteiger partial charge < -0.3 is 14.4 Å². The molecule has 2 aliphatic rings. The summed E-state index contributed by atoms with van der Waals surface area (Å²) in [4.78, 5) is 29.2. The number of carbonyl (C=O) groups is 1. The van der Waals surface area contributed by atoms with E-state index in [0.29, 0.717) is 13.0 Å². The lowest BCUT2D eigenvalue weighted by molar-refractivity contribution is -0.128. The molecule has 4 rings (SSSR count). The van der Waals surface area contributed by atoms with Gasteiger partial charge in [-0.05, 0) is 12.8 Å². The SMILES string of the molecule is O=C1CCCN1Cc1ncn2c1CN(c1cnccn1)CCC2. The molecule has 0 spiro atoms. The van der Waals surface area contributed by atoms with Crippen LogP contribution in [0.3, 0.4) is 0 Å². The minimum Gasteiger partial charge on any atom is -0.349 e. The molecule has 0 aliphatic carbocycles. The summed E-state index contributed by atoms with van der Waals surface area (Å²) in [5.74, 6) is 1.14. The van der Waals surface area contributed by atoms with Gasteiger partial charge >= 0.3 is 0 Å². The Hall–Kier alpha value is -2.44. The topological polar surface area (TPSA) is 67.2 Å². The Balaban J connectivity index is 1.58. The number of rotatable bonds is 3. The van der Waals surface area contributed by atoms with E-state index in [0.717, 1.165) is 50.5 Å². The first-order chi connectivity index (χ1) is 11.3. The third-order valence-corrected chi connectivity index (χ3v) is 4.59. The summed E-state index contributed by atoms with van der Waals surface area (Å²) < 4.78 is 2.21. The standard InChI is InChI=1S/C16H20N6O/c23-16-3-1-6-21(16)10-13-14-11-20(15-9-17-4-5-18-15)7-2-8-22(14)12-19-13/h4-5,9,12H,1-3,6-8,10-11H2. The average Bonchev–Trinajstić information content (AvgIpc) is 3.08. The summed E-state index contributed by atoms with van der Waals surface area (Å²) in [6.45, 7) is 4.13. The fraction of sp³-hybridized carbons (Fsp3) is 0.500. The minimum absolute atomic E-state index is 0.242. The number of amides is 1. The summed E-state index contributed by atoms with van der Waals surface area (Å²) >= 11 is 0. The second-order valence-electron chi connectivity index (χ2n) is 6.09. The lowest BCUT2D eigenvalue weighted by atomic mass is 10.2. The Bertz CT molecular complexity index is 698. The Morgan fingerprint density at radius 3 is 2.83 bits per heavy atom. The summed E-state index contributed by atoms with van der Waals surface area (Å²) in [7, 11) is 0. The second kappa shape index (κ2) is 5.98. The number of aryl methyl sites for hydroxylation is 1. The van der Waals surface area contributed by atoms with E-state index in [1.54, 1.807) is 18.6 Å². The lowest BCUT2D eigenvalue weighted by Crippen LogP contribution is -2.27. The summed E-state index contributed by atoms with van der Waals surface area (Å²) in [6.07, 6.45) is 9.79. The fourth-order valence-electron chi connectivity index (χ4n) is 3.35. The minimum atomic E-state index is 0.242. The van der Waals surface area contributed by atoms with Crippen LogP contribution in [0.5, 0.6) is 0 Å². The van der Waals surface area contributed by atoms with Gasteiger partial charge in [0.1, 0.15) is 5.82 Å². The van der Waals surface area contributed by atoms with Crippen molar-refractivity contribution in [2.24, 2.45) is 0 Å². The first kappa shape index (κ1) is 14.2. The molecule has 2 aliphatic heterocycles. The van der Waals surface area contributed by atoms with Crippen molar-refractivity contribution >= 4 is 11.7 Å². The molecule has 0 unspecified atom stereocenters. The van der Waals surface area contributed by atoms with Crippen molar-refractivity contribution in [3.05, 3.63) is 36.3 Å². The van der Waals surface area contributed by atoms with Gasteiger partial charge in [0.15, 0.2) is 0 Å². The average molecular weight is 312 g/mol. The molecule has 0 atom stereocenters. The zero-order valence-corrected chi connectivity index (χ0v) is 13.1. The molecule has 0 bridgehead atoms. The van der Waals surface area contributed by atoms with Crippen molar-refractivity contribution < 1.29 is 4.79 Å². The third-order valence-electron chi connectivity index (χ3n) is 4.59. The molecule has 0 saturated carbocycles. The highest BCUT2D eigenvalue weighted by molar-refractivity contribution is 5.78. The molecular weight excluding hydrogens is 292 g/mol. The normalized spacial score (nSPS) is 18.2. The number of anilines is 1. The second-order valence-corrected chi connectivity index (χ2v) is 6.09. The van der Waals surface area contributed by atoms with Crippen molar-refractivity contribution in [3.8, 4) is 0 Å². The highest BCUT2D eigenvalue weighted by atomic mass is 16.2. The maximum absolute atomic E-state index is 11.9. The van der Waals surface area contributed by atoms with E-state index >= 15 is 0 Å². The number of likely N-dealkylation sites (tertiary alicyclic amines) is 1. The monoisotopic (exact) mass is 312 g/mol. The number of hydrogen-bond donors (Lipinski definition) is 0. The van der Waals surface area contributed by atoms with E-state index in [-0.39, 0.29) is 5.91 Å². The number of imidazole rings is 1. The maximum Gasteiger partial charge on any atom is 0.222 e. The highest BCUT2D eigenvalue weighted by Crippen LogP contribution is 2.22. The van der Waals surface area contributed by atoms with Crippen molar-refractivity contribution in [2.45, 2.75) is 38.9 Å². The zero-order chi connectivity index (χ0) is 15.6. The molecule has 1 fully saturated rings. The Kier molecular flexibility index (Phi) is 3.69. The molecule has 1 amide bonds. The van der Waals surface area contributed by atoms with Crippen molar-refractivity contribution in [1.29, 1.82) is 0 Å². The Morgan fingerprint density at radius 2 is 2.04 bits per heavy atom. The van der Waals surface area contributed by atoms with Gasteiger partial charge in [-0.25, -0.2) is 9.97 Å². The van der Waals surface area contributed by atoms with Gasteiger partial charge in [0.2, 0.25) is 5.91 Å². The molecule has 7 heteroatoms. The Labute approximate surface area is 135 Å². The predicted octanol–water partition coefficient (Wildman–Crippen LogP) is 1.21. The summed E-state index contributed by atoms with van der Waals surface area (Å²) in [5, 5.41) is 0. The number of carbonyl (C=O) groups excluding carboxylic acids is 1. The van der Waals surface area contributed by atoms with Crippen LogP contribution in [-0.4, -0.2) is 43.4 Å². The lowest BCUT2D eigenvalue weighted by Gasteiger charge is -2.22. The van der Waals surface area contributed by atoms with Crippen LogP contribution in [0.15, 0.2) is 24.9 Å². The van der Waals surface area contributed by atoms with Crippen molar-refractivity contribution in [2.75, 3.05) is 18.0 Å². The molecular formula is C16H20N6O. The van der Waals surface area contributed by atoms with Crippen LogP contribution >= 0.6 is 0 Å². The maximum atomic E-state index is 11.9. The van der Waals surface area contributed by atoms with E-state index < -0.39 is 0 Å². The molecule has 0 radical (unpaired) electrons. The van der Waals surface area contributed by atoms with E-state index in [4.69, 9.17) is 0 Å². The summed E-state index contributed by atoms with van der Waals surface area (Å²) in [6, 6.07) is 0. The van der Waals surface area contributed by atoms with Gasteiger partial charge in [-0.2, -0.15) is 0 Å². The van der Waals surface area contributed by atoms with Crippen LogP contribution in [0.2, 0.25) is 0 Å². The number of aromatic nitrogens is 4. The smallest absolute Gasteiger partial charge is 0.222 e. The van der Waals surface area contributed by atoms with Crippen LogP contribution < -0.4 is 4.90 Å². The van der Waals surface area contributed by atoms with E-state index in [1.807, 2.05) is 11.2 Å². The molecule has 2 aromatic heterocycles. The summed E-state index contributed by atoms with van der Waals surface area (Å²) in [5.41, 5.74) is 2.20. The molecule has 120 valence electrons. The van der Waals surface area contributed by atoms with Gasteiger partial charge in [-0.3, -0.25) is 9.78 Å². The highest BCUT2D eigenvalue weighted by Gasteiger charge is 2.25. The van der Waals surface area contributed by atoms with E-state index in [1.165, 1.54) is 5.69 Å². The molecule has 23 heavy (non-hydrogen) atoms. The number of fused-ring (bicyclic) bond motifs is 1. The van der Waals surface area contributed by atoms with Crippen LogP contribution in [-0.2, 0) is 24.4 Å². The fourth-order valence-corrected chi connectivity index (χ4v) is 3.35. The molecule has 0 aromatic carbocycles. The predicted molar refractivity (Wildman–Crippen MR) is 84.6 cm³/mol. The first-order valence-electron chi connectivity index (χ1n) is 8.13. The quantitative estimate of drug-likeness (QED) is 0.852. The number of nitrogens with zero attached hydrogens (tertiary/aromatic N) is 6. The van der Waals surface area contributed by atoms with Crippen LogP contribution in [0.4, 0.5) is 5.82 Å². The van der Waals surface area contributed by atoms with Crippen molar-refractivity contribution in [3.63, 3.8) is 0 Å². The van der Waals surface area contributed by atoms with Gasteiger partial charge in [0.25, 0.3) is 0 Å². The van der Waals surface area contributed by atoms with Gasteiger partial charge in [0, 0.05) is 38.4 Å². The largest absolute Gasteiger partial charge is 0.349 e. The van der Waals surface area contributed by atoms with Crippen LogP contribution in [0, 0.1) is 0 Å². The molecule has 2 aromatic rings. The third kappa shape index (κ3) is 2.78. The number of hydrogen-bond acceptors (Lipinski definition) is 5. The molecule has 4 heterocycles.